The van der Waals surface area contributed by atoms with Crippen molar-refractivity contribution in [3.8, 4) is 0 Å². The smallest absolute Gasteiger partial charge is 0.306 e. The Morgan fingerprint density at radius 3 is 2.33 bits per heavy atom. The van der Waals surface area contributed by atoms with E-state index in [4.69, 9.17) is 5.11 Å². The lowest BCUT2D eigenvalue weighted by atomic mass is 10.0. The molecule has 98 valence electrons. The summed E-state index contributed by atoms with van der Waals surface area (Å²) < 4.78 is 0. The first-order chi connectivity index (χ1) is 8.43. The lowest BCUT2D eigenvalue weighted by molar-refractivity contribution is -0.141. The maximum absolute atomic E-state index is 12.0. The van der Waals surface area contributed by atoms with Crippen LogP contribution in [0.5, 0.6) is 0 Å². The normalized spacial score (nSPS) is 11.9. The number of carbonyl (C=O) groups excluding carboxylic acids is 1. The minimum Gasteiger partial charge on any atom is -0.481 e. The van der Waals surface area contributed by atoms with Crippen molar-refractivity contribution in [2.45, 2.75) is 27.2 Å². The van der Waals surface area contributed by atoms with Gasteiger partial charge in [0.15, 0.2) is 0 Å². The quantitative estimate of drug-likeness (QED) is 0.840. The third-order valence-electron chi connectivity index (χ3n) is 2.99. The molecule has 1 aromatic carbocycles. The van der Waals surface area contributed by atoms with E-state index < -0.39 is 11.9 Å². The summed E-state index contributed by atoms with van der Waals surface area (Å²) in [4.78, 5) is 22.6. The second kappa shape index (κ2) is 6.19. The molecule has 0 saturated carbocycles. The van der Waals surface area contributed by atoms with Gasteiger partial charge < -0.3 is 10.4 Å². The van der Waals surface area contributed by atoms with E-state index in [1.54, 1.807) is 6.92 Å². The molecule has 0 saturated heterocycles. The molecule has 0 aliphatic heterocycles. The number of nitrogens with one attached hydrogen (secondary N) is 1. The molecule has 0 aromatic heterocycles. The third kappa shape index (κ3) is 3.58. The Labute approximate surface area is 107 Å². The van der Waals surface area contributed by atoms with E-state index in [1.807, 2.05) is 32.0 Å². The molecule has 0 bridgehead atoms. The van der Waals surface area contributed by atoms with Gasteiger partial charge >= 0.3 is 5.97 Å². The van der Waals surface area contributed by atoms with E-state index in [1.165, 1.54) is 0 Å². The molecule has 1 aromatic rings. The Balaban J connectivity index is 2.59. The van der Waals surface area contributed by atoms with Crippen molar-refractivity contribution in [2.75, 3.05) is 6.54 Å². The van der Waals surface area contributed by atoms with Gasteiger partial charge in [0.2, 0.25) is 0 Å². The number of carboxylic acid groups (broad SMARTS) is 1. The van der Waals surface area contributed by atoms with Gasteiger partial charge in [0.05, 0.1) is 5.92 Å². The van der Waals surface area contributed by atoms with E-state index in [0.717, 1.165) is 11.1 Å². The zero-order valence-corrected chi connectivity index (χ0v) is 11.0. The summed E-state index contributed by atoms with van der Waals surface area (Å²) >= 11 is 0. The van der Waals surface area contributed by atoms with Crippen LogP contribution < -0.4 is 5.32 Å². The van der Waals surface area contributed by atoms with Crippen LogP contribution >= 0.6 is 0 Å². The number of hydrogen-bond donors (Lipinski definition) is 2. The first kappa shape index (κ1) is 14.2. The Hall–Kier alpha value is -1.84. The first-order valence-electron chi connectivity index (χ1n) is 6.00. The van der Waals surface area contributed by atoms with E-state index >= 15 is 0 Å². The Morgan fingerprint density at radius 2 is 1.83 bits per heavy atom. The molecule has 1 amide bonds. The fourth-order valence-corrected chi connectivity index (χ4v) is 1.79. The minimum atomic E-state index is -0.837. The van der Waals surface area contributed by atoms with Crippen LogP contribution in [-0.4, -0.2) is 23.5 Å². The summed E-state index contributed by atoms with van der Waals surface area (Å²) in [6.45, 7) is 5.79. The van der Waals surface area contributed by atoms with Gasteiger partial charge in [-0.05, 0) is 31.4 Å². The molecular formula is C14H19NO3. The second-order valence-electron chi connectivity index (χ2n) is 4.55. The van der Waals surface area contributed by atoms with Crippen LogP contribution in [0.2, 0.25) is 0 Å². The van der Waals surface area contributed by atoms with Crippen molar-refractivity contribution < 1.29 is 14.7 Å². The fraction of sp³-hybridized carbons (Fsp3) is 0.429. The molecule has 4 nitrogen and oxygen atoms in total. The average molecular weight is 249 g/mol. The third-order valence-corrected chi connectivity index (χ3v) is 2.99. The molecule has 0 aliphatic rings. The van der Waals surface area contributed by atoms with Crippen LogP contribution in [0.4, 0.5) is 0 Å². The summed E-state index contributed by atoms with van der Waals surface area (Å²) in [5, 5.41) is 11.5. The molecule has 1 unspecified atom stereocenters. The number of aliphatic carboxylic acids is 1. The summed E-state index contributed by atoms with van der Waals surface area (Å²) in [7, 11) is 0. The summed E-state index contributed by atoms with van der Waals surface area (Å²) in [6.07, 6.45) is 0.437. The van der Waals surface area contributed by atoms with Gasteiger partial charge in [0.1, 0.15) is 0 Å². The van der Waals surface area contributed by atoms with E-state index in [-0.39, 0.29) is 5.91 Å². The number of carboxylic acids is 1. The zero-order chi connectivity index (χ0) is 13.7. The largest absolute Gasteiger partial charge is 0.481 e. The molecule has 0 fully saturated rings. The fourth-order valence-electron chi connectivity index (χ4n) is 1.79. The van der Waals surface area contributed by atoms with Gasteiger partial charge in [-0.3, -0.25) is 9.59 Å². The van der Waals surface area contributed by atoms with Crippen molar-refractivity contribution in [1.82, 2.24) is 5.32 Å². The van der Waals surface area contributed by atoms with Crippen LogP contribution in [-0.2, 0) is 4.79 Å². The molecule has 4 heteroatoms. The standard InChI is InChI=1S/C14H19NO3/c1-9-5-4-6-10(2)12(9)13(16)15-8-7-11(3)14(17)18/h4-6,11H,7-8H2,1-3H3,(H,15,16)(H,17,18). The molecule has 1 rings (SSSR count). The molecule has 0 aliphatic carbocycles. The van der Waals surface area contributed by atoms with Gasteiger partial charge in [-0.15, -0.1) is 0 Å². The van der Waals surface area contributed by atoms with Gasteiger partial charge in [0, 0.05) is 12.1 Å². The van der Waals surface area contributed by atoms with Gasteiger partial charge in [-0.1, -0.05) is 25.1 Å². The number of rotatable bonds is 5. The van der Waals surface area contributed by atoms with Crippen LogP contribution in [0, 0.1) is 19.8 Å². The predicted molar refractivity (Wildman–Crippen MR) is 69.7 cm³/mol. The zero-order valence-electron chi connectivity index (χ0n) is 11.0. The van der Waals surface area contributed by atoms with Crippen LogP contribution in [0.25, 0.3) is 0 Å². The highest BCUT2D eigenvalue weighted by molar-refractivity contribution is 5.97. The highest BCUT2D eigenvalue weighted by Crippen LogP contribution is 2.13. The molecule has 1 atom stereocenters. The molecule has 18 heavy (non-hydrogen) atoms. The molecule has 0 heterocycles. The van der Waals surface area contributed by atoms with Crippen molar-refractivity contribution in [3.05, 3.63) is 34.9 Å². The molecular weight excluding hydrogens is 230 g/mol. The van der Waals surface area contributed by atoms with Gasteiger partial charge in [-0.25, -0.2) is 0 Å². The van der Waals surface area contributed by atoms with Crippen LogP contribution in [0.15, 0.2) is 18.2 Å². The maximum atomic E-state index is 12.0. The van der Waals surface area contributed by atoms with Crippen molar-refractivity contribution in [1.29, 1.82) is 0 Å². The number of aryl methyl sites for hydroxylation is 2. The van der Waals surface area contributed by atoms with Crippen molar-refractivity contribution in [2.24, 2.45) is 5.92 Å². The van der Waals surface area contributed by atoms with Crippen LogP contribution in [0.1, 0.15) is 34.8 Å². The monoisotopic (exact) mass is 249 g/mol. The molecule has 0 spiro atoms. The van der Waals surface area contributed by atoms with Crippen molar-refractivity contribution in [3.63, 3.8) is 0 Å². The van der Waals surface area contributed by atoms with Gasteiger partial charge in [-0.2, -0.15) is 0 Å². The maximum Gasteiger partial charge on any atom is 0.306 e. The highest BCUT2D eigenvalue weighted by atomic mass is 16.4. The summed E-state index contributed by atoms with van der Waals surface area (Å²) in [5.74, 6) is -1.41. The molecule has 2 N–H and O–H groups in total. The number of amides is 1. The molecule has 0 radical (unpaired) electrons. The average Bonchev–Trinajstić information content (AvgIpc) is 2.28. The van der Waals surface area contributed by atoms with E-state index in [0.29, 0.717) is 18.5 Å². The highest BCUT2D eigenvalue weighted by Gasteiger charge is 2.13. The second-order valence-corrected chi connectivity index (χ2v) is 4.55. The Kier molecular flexibility index (Phi) is 4.89. The van der Waals surface area contributed by atoms with Crippen molar-refractivity contribution >= 4 is 11.9 Å². The Bertz CT molecular complexity index is 434. The van der Waals surface area contributed by atoms with Gasteiger partial charge in [0.25, 0.3) is 5.91 Å². The lowest BCUT2D eigenvalue weighted by Crippen LogP contribution is -2.28. The van der Waals surface area contributed by atoms with E-state index in [9.17, 15) is 9.59 Å². The number of benzene rings is 1. The summed E-state index contributed by atoms with van der Waals surface area (Å²) in [6, 6.07) is 5.69. The van der Waals surface area contributed by atoms with E-state index in [2.05, 4.69) is 5.32 Å². The first-order valence-corrected chi connectivity index (χ1v) is 6.00. The SMILES string of the molecule is Cc1cccc(C)c1C(=O)NCCC(C)C(=O)O. The lowest BCUT2D eigenvalue weighted by Gasteiger charge is -2.11. The number of hydrogen-bond acceptors (Lipinski definition) is 2. The Morgan fingerprint density at radius 1 is 1.28 bits per heavy atom. The topological polar surface area (TPSA) is 66.4 Å². The predicted octanol–water partition coefficient (Wildman–Crippen LogP) is 2.14. The number of carbonyl (C=O) groups is 2. The summed E-state index contributed by atoms with van der Waals surface area (Å²) in [5.41, 5.74) is 2.54. The van der Waals surface area contributed by atoms with Crippen LogP contribution in [0.3, 0.4) is 0 Å². The minimum absolute atomic E-state index is 0.136.